The molecule has 0 aliphatic heterocycles. The second kappa shape index (κ2) is 11.7. The molecule has 6 nitrogen and oxygen atoms in total. The number of nitrogens with two attached hydrogens (primary N) is 1. The molecule has 0 amide bonds. The van der Waals surface area contributed by atoms with Gasteiger partial charge in [0.25, 0.3) is 0 Å². The summed E-state index contributed by atoms with van der Waals surface area (Å²) in [5.41, 5.74) is 10.1. The average Bonchev–Trinajstić information content (AvgIpc) is 3.28. The van der Waals surface area contributed by atoms with Gasteiger partial charge in [0, 0.05) is 28.7 Å². The van der Waals surface area contributed by atoms with Crippen LogP contribution in [0.1, 0.15) is 23.1 Å². The van der Waals surface area contributed by atoms with E-state index in [0.29, 0.717) is 6.42 Å². The van der Waals surface area contributed by atoms with Gasteiger partial charge in [0.15, 0.2) is 0 Å². The Morgan fingerprint density at radius 1 is 0.917 bits per heavy atom. The van der Waals surface area contributed by atoms with Gasteiger partial charge in [0.1, 0.15) is 6.61 Å². The van der Waals surface area contributed by atoms with E-state index in [-0.39, 0.29) is 13.0 Å². The third-order valence-electron chi connectivity index (χ3n) is 6.35. The Hall–Kier alpha value is -3.16. The number of carbonyl (C=O) groups excluding carboxylic acids is 1. The van der Waals surface area contributed by atoms with Crippen molar-refractivity contribution in [1.29, 1.82) is 0 Å². The van der Waals surface area contributed by atoms with Gasteiger partial charge in [-0.25, -0.2) is 0 Å². The van der Waals surface area contributed by atoms with E-state index >= 15 is 0 Å². The average molecular weight is 507 g/mol. The highest BCUT2D eigenvalue weighted by Crippen LogP contribution is 2.28. The molecule has 0 atom stereocenters. The molecule has 1 heterocycles. The predicted molar refractivity (Wildman–Crippen MR) is 143 cm³/mol. The summed E-state index contributed by atoms with van der Waals surface area (Å²) in [6.45, 7) is -1.16. The quantitative estimate of drug-likeness (QED) is 0.264. The molecule has 0 spiro atoms. The van der Waals surface area contributed by atoms with Crippen molar-refractivity contribution >= 4 is 28.5 Å². The number of nitrogens with zero attached hydrogens (tertiary/aromatic N) is 1. The first kappa shape index (κ1) is 25.9. The molecule has 0 bridgehead atoms. The van der Waals surface area contributed by atoms with Crippen molar-refractivity contribution in [3.05, 3.63) is 101 Å². The van der Waals surface area contributed by atoms with Gasteiger partial charge < -0.3 is 25.3 Å². The van der Waals surface area contributed by atoms with E-state index in [1.54, 1.807) is 0 Å². The molecule has 0 saturated heterocycles. The molecule has 0 aliphatic carbocycles. The zero-order valence-corrected chi connectivity index (χ0v) is 20.8. The topological polar surface area (TPSA) is 97.7 Å². The maximum Gasteiger partial charge on any atom is 0.306 e. The van der Waals surface area contributed by atoms with Crippen LogP contribution in [0, 0.1) is 0 Å². The van der Waals surface area contributed by atoms with Crippen molar-refractivity contribution in [1.82, 2.24) is 4.57 Å². The van der Waals surface area contributed by atoms with Crippen LogP contribution in [-0.2, 0) is 28.8 Å². The molecular weight excluding hydrogens is 476 g/mol. The molecule has 4 aromatic rings. The lowest BCUT2D eigenvalue weighted by molar-refractivity contribution is -0.146. The summed E-state index contributed by atoms with van der Waals surface area (Å²) < 4.78 is 7.39. The monoisotopic (exact) mass is 506 g/mol. The number of aromatic nitrogens is 1. The van der Waals surface area contributed by atoms with Gasteiger partial charge in [-0.1, -0.05) is 48.0 Å². The largest absolute Gasteiger partial charge is 0.464 e. The number of aliphatic hydroxyl groups excluding tert-OH is 2. The maximum absolute atomic E-state index is 12.2. The number of rotatable bonds is 11. The highest BCUT2D eigenvalue weighted by Gasteiger charge is 2.25. The first-order chi connectivity index (χ1) is 17.4. The predicted octanol–water partition coefficient (Wildman–Crippen LogP) is 4.23. The number of hydrogen-bond donors (Lipinski definition) is 3. The van der Waals surface area contributed by atoms with E-state index in [1.165, 1.54) is 11.1 Å². The van der Waals surface area contributed by atoms with E-state index in [9.17, 15) is 15.0 Å². The highest BCUT2D eigenvalue weighted by molar-refractivity contribution is 6.30. The number of aliphatic hydroxyl groups is 2. The number of fused-ring (bicyclic) bond motifs is 1. The molecule has 4 rings (SSSR count). The molecule has 1 aromatic heterocycles. The summed E-state index contributed by atoms with van der Waals surface area (Å²) in [6, 6.07) is 24.4. The molecule has 0 fully saturated rings. The SMILES string of the molecule is NC(CO)(CO)COC(=O)CCc1ccc2c(c1)c(CCc1ccc(Cl)cc1)cn2-c1ccccc1. The maximum atomic E-state index is 12.2. The number of hydrogen-bond acceptors (Lipinski definition) is 5. The first-order valence-electron chi connectivity index (χ1n) is 12.0. The molecule has 0 aliphatic rings. The Kier molecular flexibility index (Phi) is 8.44. The fraction of sp³-hybridized carbons (Fsp3) is 0.276. The second-order valence-electron chi connectivity index (χ2n) is 9.18. The standard InChI is InChI=1S/C29H31ClN2O4/c30-24-12-7-21(8-13-24)6-11-23-17-32(25-4-2-1-3-5-25)27-14-9-22(16-26(23)27)10-15-28(35)36-20-29(31,18-33)19-34/h1-5,7-9,12-14,16-17,33-34H,6,10-11,15,18-20,31H2. The van der Waals surface area contributed by atoms with Crippen LogP contribution in [0.25, 0.3) is 16.6 Å². The Bertz CT molecular complexity index is 1300. The van der Waals surface area contributed by atoms with Crippen LogP contribution in [0.4, 0.5) is 0 Å². The van der Waals surface area contributed by atoms with Crippen molar-refractivity contribution in [2.75, 3.05) is 19.8 Å². The normalized spacial score (nSPS) is 11.7. The summed E-state index contributed by atoms with van der Waals surface area (Å²) in [6.07, 6.45) is 4.64. The molecule has 188 valence electrons. The van der Waals surface area contributed by atoms with Gasteiger partial charge in [0.05, 0.1) is 24.3 Å². The second-order valence-corrected chi connectivity index (χ2v) is 9.61. The Morgan fingerprint density at radius 2 is 1.61 bits per heavy atom. The first-order valence-corrected chi connectivity index (χ1v) is 12.4. The van der Waals surface area contributed by atoms with Crippen LogP contribution in [0.5, 0.6) is 0 Å². The molecule has 4 N–H and O–H groups in total. The minimum absolute atomic E-state index is 0.179. The molecule has 36 heavy (non-hydrogen) atoms. The zero-order chi connectivity index (χ0) is 25.5. The van der Waals surface area contributed by atoms with Gasteiger partial charge in [-0.05, 0) is 72.4 Å². The number of carbonyl (C=O) groups is 1. The zero-order valence-electron chi connectivity index (χ0n) is 20.1. The minimum Gasteiger partial charge on any atom is -0.464 e. The highest BCUT2D eigenvalue weighted by atomic mass is 35.5. The summed E-state index contributed by atoms with van der Waals surface area (Å²) in [5.74, 6) is -0.420. The van der Waals surface area contributed by atoms with Crippen molar-refractivity contribution in [2.45, 2.75) is 31.2 Å². The molecule has 7 heteroatoms. The summed E-state index contributed by atoms with van der Waals surface area (Å²) in [5, 5.41) is 20.4. The van der Waals surface area contributed by atoms with E-state index in [0.717, 1.165) is 40.0 Å². The van der Waals surface area contributed by atoms with Gasteiger partial charge in [-0.2, -0.15) is 0 Å². The number of ether oxygens (including phenoxy) is 1. The molecule has 0 radical (unpaired) electrons. The Labute approximate surface area is 215 Å². The summed E-state index contributed by atoms with van der Waals surface area (Å²) >= 11 is 6.04. The lowest BCUT2D eigenvalue weighted by atomic mass is 10.0. The third-order valence-corrected chi connectivity index (χ3v) is 6.60. The van der Waals surface area contributed by atoms with E-state index in [1.807, 2.05) is 36.4 Å². The van der Waals surface area contributed by atoms with Gasteiger partial charge in [-0.3, -0.25) is 4.79 Å². The number of esters is 1. The summed E-state index contributed by atoms with van der Waals surface area (Å²) in [7, 11) is 0. The van der Waals surface area contributed by atoms with Crippen LogP contribution < -0.4 is 5.73 Å². The third kappa shape index (κ3) is 6.33. The van der Waals surface area contributed by atoms with Crippen LogP contribution in [-0.4, -0.2) is 46.1 Å². The Morgan fingerprint density at radius 3 is 2.31 bits per heavy atom. The number of para-hydroxylation sites is 1. The van der Waals surface area contributed by atoms with Crippen LogP contribution in [0.15, 0.2) is 79.0 Å². The van der Waals surface area contributed by atoms with Crippen molar-refractivity contribution in [2.24, 2.45) is 5.73 Å². The molecule has 0 unspecified atom stereocenters. The Balaban J connectivity index is 1.53. The van der Waals surface area contributed by atoms with Crippen molar-refractivity contribution in [3.8, 4) is 5.69 Å². The molecule has 0 saturated carbocycles. The van der Waals surface area contributed by atoms with Crippen molar-refractivity contribution in [3.63, 3.8) is 0 Å². The summed E-state index contributed by atoms with van der Waals surface area (Å²) in [4.78, 5) is 12.2. The van der Waals surface area contributed by atoms with Crippen LogP contribution in [0.3, 0.4) is 0 Å². The van der Waals surface area contributed by atoms with Gasteiger partial charge in [-0.15, -0.1) is 0 Å². The number of benzene rings is 3. The number of halogens is 1. The molecule has 3 aromatic carbocycles. The molecular formula is C29H31ClN2O4. The number of aryl methyl sites for hydroxylation is 3. The van der Waals surface area contributed by atoms with Gasteiger partial charge in [0.2, 0.25) is 0 Å². The van der Waals surface area contributed by atoms with Gasteiger partial charge >= 0.3 is 5.97 Å². The smallest absolute Gasteiger partial charge is 0.306 e. The van der Waals surface area contributed by atoms with E-state index in [4.69, 9.17) is 22.1 Å². The van der Waals surface area contributed by atoms with Crippen molar-refractivity contribution < 1.29 is 19.7 Å². The fourth-order valence-electron chi connectivity index (χ4n) is 4.12. The van der Waals surface area contributed by atoms with Crippen LogP contribution >= 0.6 is 11.6 Å². The minimum atomic E-state index is -1.33. The van der Waals surface area contributed by atoms with Crippen LogP contribution in [0.2, 0.25) is 5.02 Å². The lowest BCUT2D eigenvalue weighted by Crippen LogP contribution is -2.51. The van der Waals surface area contributed by atoms with E-state index in [2.05, 4.69) is 47.2 Å². The van der Waals surface area contributed by atoms with E-state index < -0.39 is 24.7 Å². The fourth-order valence-corrected chi connectivity index (χ4v) is 4.24. The lowest BCUT2D eigenvalue weighted by Gasteiger charge is -2.23.